The molecule has 0 aliphatic carbocycles. The van der Waals surface area contributed by atoms with Crippen LogP contribution < -0.4 is 0 Å². The highest BCUT2D eigenvalue weighted by Crippen LogP contribution is 2.38. The van der Waals surface area contributed by atoms with E-state index in [1.165, 1.54) is 0 Å². The second-order valence-corrected chi connectivity index (χ2v) is 7.90. The summed E-state index contributed by atoms with van der Waals surface area (Å²) in [6, 6.07) is 15.1. The summed E-state index contributed by atoms with van der Waals surface area (Å²) in [5.74, 6) is 0.409. The van der Waals surface area contributed by atoms with Crippen molar-refractivity contribution in [2.45, 2.75) is 38.8 Å². The highest BCUT2D eigenvalue weighted by Gasteiger charge is 2.50. The molecule has 0 N–H and O–H groups in total. The Morgan fingerprint density at radius 3 is 1.71 bits per heavy atom. The molecular weight excluding hydrogens is 350 g/mol. The Balaban J connectivity index is 1.91. The van der Waals surface area contributed by atoms with Crippen LogP contribution in [0.15, 0.2) is 65.9 Å². The Labute approximate surface area is 164 Å². The van der Waals surface area contributed by atoms with Gasteiger partial charge in [-0.05, 0) is 64.1 Å². The van der Waals surface area contributed by atoms with Crippen LogP contribution in [-0.4, -0.2) is 36.9 Å². The first-order valence-corrected chi connectivity index (χ1v) is 9.22. The Morgan fingerprint density at radius 1 is 0.786 bits per heavy atom. The third kappa shape index (κ3) is 2.96. The standard InChI is InChI=1S/C22H22N5O/c1-21(2)22(3,4)27(28)20(26-21)15-13-18(16-9-5-7-11-23-16)25-19(14-15)17-10-6-8-12-24-17/h5-14H,1-4H3. The van der Waals surface area contributed by atoms with Gasteiger partial charge < -0.3 is 0 Å². The molecule has 4 rings (SSSR count). The minimum Gasteiger partial charge on any atom is -0.257 e. The fourth-order valence-corrected chi connectivity index (χ4v) is 3.09. The molecule has 0 atom stereocenters. The third-order valence-electron chi connectivity index (χ3n) is 5.52. The molecule has 3 aromatic rings. The van der Waals surface area contributed by atoms with Gasteiger partial charge in [0, 0.05) is 18.0 Å². The van der Waals surface area contributed by atoms with Crippen LogP contribution in [0.5, 0.6) is 0 Å². The number of rotatable bonds is 3. The van der Waals surface area contributed by atoms with Crippen molar-refractivity contribution in [1.82, 2.24) is 20.0 Å². The molecule has 0 saturated carbocycles. The molecule has 28 heavy (non-hydrogen) atoms. The summed E-state index contributed by atoms with van der Waals surface area (Å²) in [4.78, 5) is 18.3. The zero-order valence-corrected chi connectivity index (χ0v) is 16.4. The van der Waals surface area contributed by atoms with Gasteiger partial charge in [0.1, 0.15) is 0 Å². The van der Waals surface area contributed by atoms with E-state index in [2.05, 4.69) is 9.97 Å². The Bertz CT molecular complexity index is 972. The van der Waals surface area contributed by atoms with E-state index in [0.29, 0.717) is 22.8 Å². The average Bonchev–Trinajstić information content (AvgIpc) is 2.88. The molecule has 0 aromatic carbocycles. The summed E-state index contributed by atoms with van der Waals surface area (Å²) in [7, 11) is 0. The van der Waals surface area contributed by atoms with Crippen molar-refractivity contribution in [2.75, 3.05) is 0 Å². The van der Waals surface area contributed by atoms with Crippen LogP contribution in [0.25, 0.3) is 22.8 Å². The summed E-state index contributed by atoms with van der Waals surface area (Å²) in [6.45, 7) is 7.78. The van der Waals surface area contributed by atoms with Crippen LogP contribution in [0.4, 0.5) is 0 Å². The molecule has 141 valence electrons. The topological polar surface area (TPSA) is 74.2 Å². The summed E-state index contributed by atoms with van der Waals surface area (Å²) in [5, 5.41) is 14.1. The fourth-order valence-electron chi connectivity index (χ4n) is 3.09. The van der Waals surface area contributed by atoms with Crippen LogP contribution >= 0.6 is 0 Å². The van der Waals surface area contributed by atoms with Gasteiger partial charge in [-0.15, -0.1) is 0 Å². The number of aliphatic imine (C=N–C) groups is 1. The molecule has 0 spiro atoms. The van der Waals surface area contributed by atoms with Gasteiger partial charge in [-0.1, -0.05) is 17.3 Å². The molecule has 1 aliphatic rings. The molecule has 0 bridgehead atoms. The van der Waals surface area contributed by atoms with E-state index < -0.39 is 11.1 Å². The quantitative estimate of drug-likeness (QED) is 0.691. The van der Waals surface area contributed by atoms with Crippen molar-refractivity contribution in [1.29, 1.82) is 0 Å². The summed E-state index contributed by atoms with van der Waals surface area (Å²) in [5.41, 5.74) is 2.37. The van der Waals surface area contributed by atoms with Gasteiger partial charge in [0.25, 0.3) is 0 Å². The van der Waals surface area contributed by atoms with E-state index in [1.54, 1.807) is 12.4 Å². The van der Waals surface area contributed by atoms with Crippen molar-refractivity contribution in [3.05, 3.63) is 66.5 Å². The molecule has 6 nitrogen and oxygen atoms in total. The molecule has 6 heteroatoms. The predicted molar refractivity (Wildman–Crippen MR) is 108 cm³/mol. The van der Waals surface area contributed by atoms with Crippen molar-refractivity contribution >= 4 is 5.84 Å². The smallest absolute Gasteiger partial charge is 0.159 e. The van der Waals surface area contributed by atoms with Crippen molar-refractivity contribution in [3.63, 3.8) is 0 Å². The van der Waals surface area contributed by atoms with Crippen LogP contribution in [-0.2, 0) is 5.21 Å². The summed E-state index contributed by atoms with van der Waals surface area (Å²) in [6.07, 6.45) is 3.45. The van der Waals surface area contributed by atoms with Gasteiger partial charge >= 0.3 is 0 Å². The fraction of sp³-hybridized carbons (Fsp3) is 0.273. The van der Waals surface area contributed by atoms with E-state index in [1.807, 2.05) is 76.2 Å². The third-order valence-corrected chi connectivity index (χ3v) is 5.52. The van der Waals surface area contributed by atoms with Crippen LogP contribution in [0, 0.1) is 0 Å². The molecule has 1 radical (unpaired) electrons. The van der Waals surface area contributed by atoms with Gasteiger partial charge in [-0.3, -0.25) is 15.0 Å². The molecule has 3 aromatic heterocycles. The van der Waals surface area contributed by atoms with Crippen molar-refractivity contribution in [2.24, 2.45) is 4.99 Å². The minimum absolute atomic E-state index is 0.409. The van der Waals surface area contributed by atoms with Crippen LogP contribution in [0.2, 0.25) is 0 Å². The molecular formula is C22H22N5O. The molecule has 0 fully saturated rings. The molecule has 0 saturated heterocycles. The van der Waals surface area contributed by atoms with Crippen LogP contribution in [0.1, 0.15) is 33.3 Å². The van der Waals surface area contributed by atoms with E-state index in [0.717, 1.165) is 16.5 Å². The lowest BCUT2D eigenvalue weighted by Crippen LogP contribution is -2.50. The first kappa shape index (κ1) is 18.3. The van der Waals surface area contributed by atoms with Gasteiger partial charge in [0.05, 0.1) is 33.9 Å². The SMILES string of the molecule is CC1(C)N=C(c2cc(-c3ccccn3)nc(-c3ccccn3)c2)N([O])C1(C)C. The van der Waals surface area contributed by atoms with E-state index in [9.17, 15) is 5.21 Å². The lowest BCUT2D eigenvalue weighted by atomic mass is 9.84. The largest absolute Gasteiger partial charge is 0.257 e. The first-order valence-electron chi connectivity index (χ1n) is 9.22. The van der Waals surface area contributed by atoms with Gasteiger partial charge in [-0.25, -0.2) is 4.98 Å². The Hall–Kier alpha value is -3.12. The number of hydrogen-bond acceptors (Lipinski definition) is 5. The average molecular weight is 372 g/mol. The zero-order valence-electron chi connectivity index (χ0n) is 16.4. The highest BCUT2D eigenvalue weighted by atomic mass is 16.5. The van der Waals surface area contributed by atoms with Gasteiger partial charge in [-0.2, -0.15) is 5.06 Å². The van der Waals surface area contributed by atoms with Crippen molar-refractivity contribution in [3.8, 4) is 22.8 Å². The second-order valence-electron chi connectivity index (χ2n) is 7.90. The molecule has 4 heterocycles. The normalized spacial score (nSPS) is 17.5. The first-order chi connectivity index (χ1) is 13.3. The lowest BCUT2D eigenvalue weighted by Gasteiger charge is -2.35. The molecule has 0 unspecified atom stereocenters. The Kier molecular flexibility index (Phi) is 4.23. The number of hydroxylamine groups is 2. The number of pyridine rings is 3. The zero-order chi connectivity index (χ0) is 19.9. The highest BCUT2D eigenvalue weighted by molar-refractivity contribution is 6.01. The van der Waals surface area contributed by atoms with Gasteiger partial charge in [0.2, 0.25) is 0 Å². The minimum atomic E-state index is -0.651. The maximum atomic E-state index is 13.1. The molecule has 0 amide bonds. The molecule has 1 aliphatic heterocycles. The Morgan fingerprint density at radius 2 is 1.32 bits per heavy atom. The van der Waals surface area contributed by atoms with Gasteiger partial charge in [0.15, 0.2) is 5.84 Å². The van der Waals surface area contributed by atoms with Crippen LogP contribution in [0.3, 0.4) is 0 Å². The number of hydrogen-bond donors (Lipinski definition) is 0. The number of amidine groups is 1. The summed E-state index contributed by atoms with van der Waals surface area (Å²) >= 11 is 0. The number of aromatic nitrogens is 3. The van der Waals surface area contributed by atoms with Crippen molar-refractivity contribution < 1.29 is 5.21 Å². The number of nitrogens with zero attached hydrogens (tertiary/aromatic N) is 5. The second kappa shape index (κ2) is 6.49. The monoisotopic (exact) mass is 372 g/mol. The van der Waals surface area contributed by atoms with E-state index >= 15 is 0 Å². The lowest BCUT2D eigenvalue weighted by molar-refractivity contribution is -0.158. The predicted octanol–water partition coefficient (Wildman–Crippen LogP) is 4.17. The summed E-state index contributed by atoms with van der Waals surface area (Å²) < 4.78 is 0. The van der Waals surface area contributed by atoms with E-state index in [4.69, 9.17) is 9.98 Å². The maximum absolute atomic E-state index is 13.1. The van der Waals surface area contributed by atoms with E-state index in [-0.39, 0.29) is 0 Å². The maximum Gasteiger partial charge on any atom is 0.159 e.